The second kappa shape index (κ2) is 7.25. The second-order valence-corrected chi connectivity index (χ2v) is 5.86. The number of unbranched alkanes of at least 4 members (excludes halogenated alkanes) is 3. The number of benzene rings is 1. The summed E-state index contributed by atoms with van der Waals surface area (Å²) in [4.78, 5) is 3.34. The number of nitrogens with one attached hydrogen (secondary N) is 1. The van der Waals surface area contributed by atoms with Gasteiger partial charge in [-0.15, -0.1) is 10.2 Å². The van der Waals surface area contributed by atoms with Gasteiger partial charge in [0.05, 0.1) is 0 Å². The predicted molar refractivity (Wildman–Crippen MR) is 89.9 cm³/mol. The summed E-state index contributed by atoms with van der Waals surface area (Å²) < 4.78 is 2.21. The van der Waals surface area contributed by atoms with Crippen LogP contribution in [0.3, 0.4) is 0 Å². The van der Waals surface area contributed by atoms with Crippen LogP contribution in [0.5, 0.6) is 0 Å². The summed E-state index contributed by atoms with van der Waals surface area (Å²) in [6.45, 7) is 3.28. The number of hydrogen-bond donors (Lipinski definition) is 1. The lowest BCUT2D eigenvalue weighted by atomic mass is 10.1. The van der Waals surface area contributed by atoms with E-state index in [2.05, 4.69) is 57.1 Å². The van der Waals surface area contributed by atoms with Crippen molar-refractivity contribution in [3.8, 4) is 0 Å². The van der Waals surface area contributed by atoms with E-state index in [0.29, 0.717) is 0 Å². The molecule has 2 heterocycles. The predicted octanol–water partition coefficient (Wildman–Crippen LogP) is 4.12. The highest BCUT2D eigenvalue weighted by molar-refractivity contribution is 5.83. The monoisotopic (exact) mass is 296 g/mol. The van der Waals surface area contributed by atoms with Crippen molar-refractivity contribution in [1.29, 1.82) is 0 Å². The second-order valence-electron chi connectivity index (χ2n) is 5.86. The molecule has 4 nitrogen and oxygen atoms in total. The molecule has 0 atom stereocenters. The fourth-order valence-corrected chi connectivity index (χ4v) is 2.95. The molecule has 2 aromatic heterocycles. The lowest BCUT2D eigenvalue weighted by molar-refractivity contribution is 0.563. The Morgan fingerprint density at radius 3 is 2.91 bits per heavy atom. The highest BCUT2D eigenvalue weighted by Crippen LogP contribution is 2.19. The van der Waals surface area contributed by atoms with E-state index >= 15 is 0 Å². The maximum atomic E-state index is 4.30. The summed E-state index contributed by atoms with van der Waals surface area (Å²) in [5, 5.41) is 9.70. The number of rotatable bonds is 8. The van der Waals surface area contributed by atoms with Gasteiger partial charge in [0.25, 0.3) is 0 Å². The Morgan fingerprint density at radius 1 is 1.09 bits per heavy atom. The molecule has 0 saturated heterocycles. The maximum Gasteiger partial charge on any atom is 0.133 e. The van der Waals surface area contributed by atoms with Crippen molar-refractivity contribution >= 4 is 10.9 Å². The minimum Gasteiger partial charge on any atom is -0.361 e. The smallest absolute Gasteiger partial charge is 0.133 e. The van der Waals surface area contributed by atoms with Gasteiger partial charge in [0, 0.05) is 30.1 Å². The van der Waals surface area contributed by atoms with Crippen molar-refractivity contribution in [2.24, 2.45) is 0 Å². The highest BCUT2D eigenvalue weighted by atomic mass is 15.3. The van der Waals surface area contributed by atoms with E-state index in [1.165, 1.54) is 42.1 Å². The van der Waals surface area contributed by atoms with Gasteiger partial charge in [-0.3, -0.25) is 0 Å². The Labute approximate surface area is 131 Å². The first-order valence-electron chi connectivity index (χ1n) is 8.30. The highest BCUT2D eigenvalue weighted by Gasteiger charge is 2.07. The van der Waals surface area contributed by atoms with Crippen LogP contribution in [0.2, 0.25) is 0 Å². The average Bonchev–Trinajstić information content (AvgIpc) is 3.16. The van der Waals surface area contributed by atoms with Crippen molar-refractivity contribution in [3.63, 3.8) is 0 Å². The van der Waals surface area contributed by atoms with E-state index in [1.54, 1.807) is 0 Å². The van der Waals surface area contributed by atoms with Gasteiger partial charge in [-0.2, -0.15) is 0 Å². The molecule has 116 valence electrons. The molecular weight excluding hydrogens is 272 g/mol. The van der Waals surface area contributed by atoms with Gasteiger partial charge in [0.2, 0.25) is 0 Å². The maximum absolute atomic E-state index is 4.30. The average molecular weight is 296 g/mol. The van der Waals surface area contributed by atoms with E-state index < -0.39 is 0 Å². The molecule has 1 aromatic carbocycles. The molecule has 0 amide bonds. The number of fused-ring (bicyclic) bond motifs is 1. The molecule has 0 aliphatic carbocycles. The third-order valence-corrected chi connectivity index (χ3v) is 4.24. The molecular formula is C18H24N4. The summed E-state index contributed by atoms with van der Waals surface area (Å²) in [5.41, 5.74) is 2.56. The van der Waals surface area contributed by atoms with Crippen LogP contribution in [0.25, 0.3) is 10.9 Å². The van der Waals surface area contributed by atoms with Gasteiger partial charge in [-0.05, 0) is 24.5 Å². The van der Waals surface area contributed by atoms with Gasteiger partial charge in [-0.1, -0.05) is 44.4 Å². The Hall–Kier alpha value is -2.10. The number of H-pyrrole nitrogens is 1. The topological polar surface area (TPSA) is 46.5 Å². The molecule has 3 aromatic rings. The van der Waals surface area contributed by atoms with Crippen molar-refractivity contribution in [2.75, 3.05) is 0 Å². The molecule has 0 spiro atoms. The van der Waals surface area contributed by atoms with E-state index in [1.807, 2.05) is 6.33 Å². The van der Waals surface area contributed by atoms with Crippen molar-refractivity contribution < 1.29 is 0 Å². The van der Waals surface area contributed by atoms with Crippen LogP contribution >= 0.6 is 0 Å². The van der Waals surface area contributed by atoms with Gasteiger partial charge < -0.3 is 9.55 Å². The minimum atomic E-state index is 0.940. The molecule has 0 bridgehead atoms. The zero-order valence-corrected chi connectivity index (χ0v) is 13.3. The third kappa shape index (κ3) is 3.38. The Kier molecular flexibility index (Phi) is 4.88. The summed E-state index contributed by atoms with van der Waals surface area (Å²) in [6, 6.07) is 8.46. The fraction of sp³-hybridized carbons (Fsp3) is 0.444. The van der Waals surface area contributed by atoms with Crippen LogP contribution in [-0.4, -0.2) is 19.7 Å². The summed E-state index contributed by atoms with van der Waals surface area (Å²) in [7, 11) is 0. The normalized spacial score (nSPS) is 11.3. The van der Waals surface area contributed by atoms with Crippen LogP contribution in [0.15, 0.2) is 36.8 Å². The van der Waals surface area contributed by atoms with Crippen molar-refractivity contribution in [3.05, 3.63) is 48.2 Å². The Morgan fingerprint density at radius 2 is 2.00 bits per heavy atom. The molecule has 1 N–H and O–H groups in total. The largest absolute Gasteiger partial charge is 0.361 e. The van der Waals surface area contributed by atoms with E-state index in [4.69, 9.17) is 0 Å². The zero-order chi connectivity index (χ0) is 15.2. The molecule has 0 aliphatic heterocycles. The number of hydrogen-bond acceptors (Lipinski definition) is 2. The van der Waals surface area contributed by atoms with E-state index in [-0.39, 0.29) is 0 Å². The number of aryl methyl sites for hydroxylation is 3. The van der Waals surface area contributed by atoms with Crippen LogP contribution in [0, 0.1) is 0 Å². The summed E-state index contributed by atoms with van der Waals surface area (Å²) in [5.74, 6) is 1.10. The van der Waals surface area contributed by atoms with E-state index in [0.717, 1.165) is 25.2 Å². The van der Waals surface area contributed by atoms with Crippen LogP contribution in [-0.2, 0) is 19.4 Å². The SMILES string of the molecule is CCCCCCn1cnnc1CCc1c[nH]c2ccccc12. The van der Waals surface area contributed by atoms with Gasteiger partial charge in [0.1, 0.15) is 12.2 Å². The Bertz CT molecular complexity index is 711. The fourth-order valence-electron chi connectivity index (χ4n) is 2.95. The molecule has 22 heavy (non-hydrogen) atoms. The van der Waals surface area contributed by atoms with Gasteiger partial charge in [0.15, 0.2) is 0 Å². The first-order chi connectivity index (χ1) is 10.9. The lowest BCUT2D eigenvalue weighted by Gasteiger charge is -2.06. The van der Waals surface area contributed by atoms with Gasteiger partial charge >= 0.3 is 0 Å². The van der Waals surface area contributed by atoms with Crippen molar-refractivity contribution in [2.45, 2.75) is 52.0 Å². The van der Waals surface area contributed by atoms with Gasteiger partial charge in [-0.25, -0.2) is 0 Å². The van der Waals surface area contributed by atoms with Crippen molar-refractivity contribution in [1.82, 2.24) is 19.7 Å². The number of para-hydroxylation sites is 1. The lowest BCUT2D eigenvalue weighted by Crippen LogP contribution is -2.05. The first-order valence-corrected chi connectivity index (χ1v) is 8.30. The molecule has 0 fully saturated rings. The number of aromatic amines is 1. The zero-order valence-electron chi connectivity index (χ0n) is 13.3. The van der Waals surface area contributed by atoms with Crippen LogP contribution < -0.4 is 0 Å². The number of aromatic nitrogens is 4. The summed E-state index contributed by atoms with van der Waals surface area (Å²) >= 11 is 0. The summed E-state index contributed by atoms with van der Waals surface area (Å²) in [6.07, 6.45) is 11.0. The minimum absolute atomic E-state index is 0.940. The van der Waals surface area contributed by atoms with Crippen LogP contribution in [0.4, 0.5) is 0 Å². The molecule has 0 saturated carbocycles. The molecule has 0 radical (unpaired) electrons. The Balaban J connectivity index is 1.61. The standard InChI is InChI=1S/C18H24N4/c1-2-3-4-7-12-22-14-20-21-18(22)11-10-15-13-19-17-9-6-5-8-16(15)17/h5-6,8-9,13-14,19H,2-4,7,10-12H2,1H3. The molecule has 4 heteroatoms. The number of nitrogens with zero attached hydrogens (tertiary/aromatic N) is 3. The molecule has 0 aliphatic rings. The molecule has 3 rings (SSSR count). The quantitative estimate of drug-likeness (QED) is 0.635. The van der Waals surface area contributed by atoms with E-state index in [9.17, 15) is 0 Å². The molecule has 0 unspecified atom stereocenters. The third-order valence-electron chi connectivity index (χ3n) is 4.24. The van der Waals surface area contributed by atoms with Crippen LogP contribution in [0.1, 0.15) is 44.0 Å². The first kappa shape index (κ1) is 14.8.